The van der Waals surface area contributed by atoms with Crippen LogP contribution in [-0.2, 0) is 19.1 Å². The number of nitrogens with one attached hydrogen (secondary N) is 2. The van der Waals surface area contributed by atoms with E-state index in [0.29, 0.717) is 17.7 Å². The first-order valence-corrected chi connectivity index (χ1v) is 13.1. The molecule has 0 aromatic heterocycles. The summed E-state index contributed by atoms with van der Waals surface area (Å²) in [5.41, 5.74) is 5.19. The molecule has 2 aliphatic carbocycles. The van der Waals surface area contributed by atoms with Crippen LogP contribution in [0.25, 0.3) is 0 Å². The minimum atomic E-state index is -0.787. The molecule has 2 saturated carbocycles. The summed E-state index contributed by atoms with van der Waals surface area (Å²) in [6.45, 7) is -0.629. The van der Waals surface area contributed by atoms with Crippen molar-refractivity contribution in [1.29, 1.82) is 0 Å². The van der Waals surface area contributed by atoms with E-state index in [1.165, 1.54) is 24.3 Å². The molecule has 4 amide bonds. The first-order valence-electron chi connectivity index (χ1n) is 11.4. The van der Waals surface area contributed by atoms with Crippen molar-refractivity contribution in [3.63, 3.8) is 0 Å². The zero-order valence-corrected chi connectivity index (χ0v) is 22.1. The maximum atomic E-state index is 13.1. The van der Waals surface area contributed by atoms with E-state index in [1.807, 2.05) is 0 Å². The number of imide groups is 1. The molecular formula is C25H20BrCl2N3O6. The van der Waals surface area contributed by atoms with E-state index in [4.69, 9.17) is 27.9 Å². The summed E-state index contributed by atoms with van der Waals surface area (Å²) < 4.78 is 5.79. The lowest BCUT2D eigenvalue weighted by Crippen LogP contribution is -2.43. The molecule has 2 bridgehead atoms. The van der Waals surface area contributed by atoms with Gasteiger partial charge < -0.3 is 4.74 Å². The molecular weight excluding hydrogens is 589 g/mol. The summed E-state index contributed by atoms with van der Waals surface area (Å²) in [6, 6.07) is 12.3. The zero-order valence-electron chi connectivity index (χ0n) is 19.0. The van der Waals surface area contributed by atoms with E-state index in [9.17, 15) is 24.0 Å². The Morgan fingerprint density at radius 2 is 1.41 bits per heavy atom. The van der Waals surface area contributed by atoms with Gasteiger partial charge in [-0.25, -0.2) is 4.79 Å². The maximum Gasteiger partial charge on any atom is 0.338 e. The highest BCUT2D eigenvalue weighted by molar-refractivity contribution is 9.10. The molecule has 3 aliphatic rings. The third-order valence-electron chi connectivity index (χ3n) is 7.10. The number of anilines is 1. The van der Waals surface area contributed by atoms with E-state index in [0.717, 1.165) is 9.37 Å². The number of ether oxygens (including phenoxy) is 1. The van der Waals surface area contributed by atoms with Gasteiger partial charge >= 0.3 is 5.97 Å². The van der Waals surface area contributed by atoms with E-state index < -0.39 is 36.2 Å². The summed E-state index contributed by atoms with van der Waals surface area (Å²) >= 11 is 16.1. The SMILES string of the molecule is O=C(COC(=O)c1ccc(N2C(=O)[C@@H]3[C@H]4C[C@@H]([C@@H](Cl)[C@H]4Cl)[C@H]3C2=O)cc1)NNC(=O)c1ccc(Br)cc1. The number of hydrogen-bond acceptors (Lipinski definition) is 6. The number of hydrogen-bond donors (Lipinski definition) is 2. The van der Waals surface area contributed by atoms with E-state index in [1.54, 1.807) is 24.3 Å². The number of esters is 1. The molecule has 12 heteroatoms. The summed E-state index contributed by atoms with van der Waals surface area (Å²) in [5.74, 6) is -3.84. The lowest BCUT2D eigenvalue weighted by Gasteiger charge is -2.28. The average Bonchev–Trinajstić information content (AvgIpc) is 3.51. The predicted octanol–water partition coefficient (Wildman–Crippen LogP) is 3.04. The summed E-state index contributed by atoms with van der Waals surface area (Å²) in [7, 11) is 0. The van der Waals surface area contributed by atoms with Gasteiger partial charge in [0.05, 0.1) is 33.8 Å². The molecule has 2 aromatic rings. The molecule has 2 N–H and O–H groups in total. The number of carbonyl (C=O) groups excluding carboxylic acids is 5. The predicted molar refractivity (Wildman–Crippen MR) is 137 cm³/mol. The highest BCUT2D eigenvalue weighted by atomic mass is 79.9. The molecule has 6 atom stereocenters. The van der Waals surface area contributed by atoms with Crippen LogP contribution in [-0.4, -0.2) is 47.0 Å². The van der Waals surface area contributed by atoms with Crippen LogP contribution < -0.4 is 15.8 Å². The van der Waals surface area contributed by atoms with Crippen molar-refractivity contribution in [1.82, 2.24) is 10.9 Å². The average molecular weight is 609 g/mol. The van der Waals surface area contributed by atoms with Crippen molar-refractivity contribution in [3.05, 3.63) is 64.1 Å². The Morgan fingerprint density at radius 1 is 0.865 bits per heavy atom. The van der Waals surface area contributed by atoms with Gasteiger partial charge in [-0.3, -0.25) is 34.9 Å². The normalized spacial score (nSPS) is 27.7. The Morgan fingerprint density at radius 3 is 1.97 bits per heavy atom. The van der Waals surface area contributed by atoms with Crippen LogP contribution in [0.3, 0.4) is 0 Å². The van der Waals surface area contributed by atoms with Gasteiger partial charge in [-0.15, -0.1) is 23.2 Å². The van der Waals surface area contributed by atoms with Gasteiger partial charge in [-0.05, 0) is 66.8 Å². The van der Waals surface area contributed by atoms with Crippen LogP contribution in [0.5, 0.6) is 0 Å². The van der Waals surface area contributed by atoms with Crippen LogP contribution in [0.2, 0.25) is 0 Å². The van der Waals surface area contributed by atoms with E-state index >= 15 is 0 Å². The molecule has 0 radical (unpaired) electrons. The quantitative estimate of drug-likeness (QED) is 0.233. The second-order valence-electron chi connectivity index (χ2n) is 9.15. The molecule has 1 heterocycles. The van der Waals surface area contributed by atoms with Crippen LogP contribution in [0.15, 0.2) is 53.0 Å². The Labute approximate surface area is 229 Å². The van der Waals surface area contributed by atoms with Crippen LogP contribution >= 0.6 is 39.1 Å². The number of nitrogens with zero attached hydrogens (tertiary/aromatic N) is 1. The summed E-state index contributed by atoms with van der Waals surface area (Å²) in [5, 5.41) is -0.680. The zero-order chi connectivity index (χ0) is 26.4. The lowest BCUT2D eigenvalue weighted by molar-refractivity contribution is -0.125. The molecule has 9 nitrogen and oxygen atoms in total. The Hall–Kier alpha value is -2.95. The number of alkyl halides is 2. The van der Waals surface area contributed by atoms with E-state index in [2.05, 4.69) is 26.8 Å². The highest BCUT2D eigenvalue weighted by Gasteiger charge is 2.66. The fraction of sp³-hybridized carbons (Fsp3) is 0.320. The Kier molecular flexibility index (Phi) is 6.99. The number of benzene rings is 2. The van der Waals surface area contributed by atoms with Gasteiger partial charge in [0.15, 0.2) is 6.61 Å². The topological polar surface area (TPSA) is 122 Å². The van der Waals surface area contributed by atoms with Gasteiger partial charge in [0, 0.05) is 10.0 Å². The molecule has 37 heavy (non-hydrogen) atoms. The summed E-state index contributed by atoms with van der Waals surface area (Å²) in [6.07, 6.45) is 0.676. The van der Waals surface area contributed by atoms with E-state index in [-0.39, 0.29) is 40.0 Å². The van der Waals surface area contributed by atoms with Gasteiger partial charge in [0.25, 0.3) is 11.8 Å². The minimum Gasteiger partial charge on any atom is -0.452 e. The van der Waals surface area contributed by atoms with Gasteiger partial charge in [-0.2, -0.15) is 0 Å². The van der Waals surface area contributed by atoms with Gasteiger partial charge in [0.2, 0.25) is 11.8 Å². The number of fused-ring (bicyclic) bond motifs is 5. The first kappa shape index (κ1) is 25.7. The lowest BCUT2D eigenvalue weighted by atomic mass is 9.80. The number of hydrazine groups is 1. The molecule has 3 fully saturated rings. The van der Waals surface area contributed by atoms with Gasteiger partial charge in [-0.1, -0.05) is 15.9 Å². The van der Waals surface area contributed by atoms with Crippen molar-refractivity contribution in [3.8, 4) is 0 Å². The molecule has 5 rings (SSSR count). The summed E-state index contributed by atoms with van der Waals surface area (Å²) in [4.78, 5) is 63.7. The van der Waals surface area contributed by atoms with Crippen molar-refractivity contribution in [2.24, 2.45) is 23.7 Å². The van der Waals surface area contributed by atoms with Crippen molar-refractivity contribution in [2.45, 2.75) is 17.2 Å². The molecule has 0 spiro atoms. The van der Waals surface area contributed by atoms with Crippen molar-refractivity contribution < 1.29 is 28.7 Å². The molecule has 1 aliphatic heterocycles. The van der Waals surface area contributed by atoms with Crippen molar-refractivity contribution in [2.75, 3.05) is 11.5 Å². The second-order valence-corrected chi connectivity index (χ2v) is 11.1. The molecule has 1 saturated heterocycles. The fourth-order valence-corrected chi connectivity index (χ4v) is 6.56. The van der Waals surface area contributed by atoms with Gasteiger partial charge in [0.1, 0.15) is 0 Å². The Balaban J connectivity index is 1.15. The fourth-order valence-electron chi connectivity index (χ4n) is 5.40. The minimum absolute atomic E-state index is 0.122. The molecule has 2 aromatic carbocycles. The third-order valence-corrected chi connectivity index (χ3v) is 8.95. The van der Waals surface area contributed by atoms with Crippen molar-refractivity contribution >= 4 is 74.4 Å². The number of halogens is 3. The number of carbonyl (C=O) groups is 5. The van der Waals surface area contributed by atoms with Crippen LogP contribution in [0.4, 0.5) is 5.69 Å². The smallest absolute Gasteiger partial charge is 0.338 e. The molecule has 192 valence electrons. The largest absolute Gasteiger partial charge is 0.452 e. The number of amides is 4. The standard InChI is InChI=1S/C25H20BrCl2N3O6/c26-13-5-1-11(2-6-13)22(33)30-29-17(32)10-37-25(36)12-3-7-14(8-4-12)31-23(34)18-15-9-16(19(18)24(31)35)21(28)20(15)27/h1-8,15-16,18-21H,9-10H2,(H,29,32)(H,30,33)/t15-,16-,18-,19-,20-,21+/m1/s1. The third kappa shape index (κ3) is 4.62. The van der Waals surface area contributed by atoms with Crippen LogP contribution in [0.1, 0.15) is 27.1 Å². The Bertz CT molecular complexity index is 1260. The monoisotopic (exact) mass is 607 g/mol. The highest BCUT2D eigenvalue weighted by Crippen LogP contribution is 2.59. The second kappa shape index (κ2) is 10.1. The van der Waals surface area contributed by atoms with Crippen LogP contribution in [0, 0.1) is 23.7 Å². The number of rotatable bonds is 5. The molecule has 0 unspecified atom stereocenters. The first-order chi connectivity index (χ1) is 17.7. The maximum absolute atomic E-state index is 13.1.